The molecule has 0 aromatic heterocycles. The minimum absolute atomic E-state index is 0. The van der Waals surface area contributed by atoms with Gasteiger partial charge in [0.15, 0.2) is 5.96 Å². The number of benzene rings is 2. The Balaban J connectivity index is 0.00000300. The van der Waals surface area contributed by atoms with Gasteiger partial charge in [-0.1, -0.05) is 48.5 Å². The number of rotatable bonds is 8. The lowest BCUT2D eigenvalue weighted by Crippen LogP contribution is -2.39. The molecule has 3 N–H and O–H groups in total. The zero-order valence-corrected chi connectivity index (χ0v) is 19.3. The maximum absolute atomic E-state index is 9.73. The van der Waals surface area contributed by atoms with E-state index in [1.807, 2.05) is 48.5 Å². The summed E-state index contributed by atoms with van der Waals surface area (Å²) in [5.41, 5.74) is 2.24. The van der Waals surface area contributed by atoms with Gasteiger partial charge in [0.1, 0.15) is 5.75 Å². The van der Waals surface area contributed by atoms with Crippen molar-refractivity contribution < 1.29 is 9.84 Å². The summed E-state index contributed by atoms with van der Waals surface area (Å²) in [6.45, 7) is 1.34. The number of aliphatic hydroxyl groups excluding tert-OH is 1. The van der Waals surface area contributed by atoms with Gasteiger partial charge < -0.3 is 20.5 Å². The van der Waals surface area contributed by atoms with E-state index >= 15 is 0 Å². The van der Waals surface area contributed by atoms with Gasteiger partial charge in [-0.25, -0.2) is 0 Å². The first-order valence-electron chi connectivity index (χ1n) is 10.1. The van der Waals surface area contributed by atoms with Crippen LogP contribution in [0.25, 0.3) is 0 Å². The number of hydrogen-bond acceptors (Lipinski definition) is 3. The van der Waals surface area contributed by atoms with Crippen LogP contribution in [0.2, 0.25) is 0 Å². The average Bonchev–Trinajstić information content (AvgIpc) is 3.25. The molecule has 1 saturated carbocycles. The highest BCUT2D eigenvalue weighted by atomic mass is 127. The second-order valence-electron chi connectivity index (χ2n) is 7.23. The highest BCUT2D eigenvalue weighted by Crippen LogP contribution is 2.26. The third kappa shape index (κ3) is 7.19. The highest BCUT2D eigenvalue weighted by Gasteiger charge is 2.18. The van der Waals surface area contributed by atoms with Crippen LogP contribution in [0.1, 0.15) is 42.7 Å². The predicted octanol–water partition coefficient (Wildman–Crippen LogP) is 4.07. The van der Waals surface area contributed by atoms with Crippen LogP contribution >= 0.6 is 24.0 Å². The van der Waals surface area contributed by atoms with E-state index in [0.29, 0.717) is 25.2 Å². The van der Waals surface area contributed by atoms with Crippen molar-refractivity contribution in [3.05, 3.63) is 65.7 Å². The van der Waals surface area contributed by atoms with Crippen molar-refractivity contribution in [1.82, 2.24) is 10.6 Å². The Morgan fingerprint density at radius 3 is 2.45 bits per heavy atom. The van der Waals surface area contributed by atoms with Crippen LogP contribution in [0.5, 0.6) is 5.75 Å². The van der Waals surface area contributed by atoms with E-state index in [-0.39, 0.29) is 36.5 Å². The molecule has 2 aromatic rings. The molecule has 6 heteroatoms. The molecule has 0 spiro atoms. The molecule has 0 amide bonds. The van der Waals surface area contributed by atoms with E-state index in [1.165, 1.54) is 12.8 Å². The van der Waals surface area contributed by atoms with Gasteiger partial charge in [-0.05, 0) is 37.3 Å². The molecule has 2 aromatic carbocycles. The fraction of sp³-hybridized carbons (Fsp3) is 0.435. The first-order valence-corrected chi connectivity index (χ1v) is 10.1. The molecule has 158 valence electrons. The normalized spacial score (nSPS) is 15.4. The first kappa shape index (κ1) is 23.5. The number of nitrogens with one attached hydrogen (secondary N) is 2. The molecular formula is C23H32IN3O2. The number of nitrogens with zero attached hydrogens (tertiary/aromatic N) is 1. The number of hydrogen-bond donors (Lipinski definition) is 3. The fourth-order valence-electron chi connectivity index (χ4n) is 3.58. The standard InChI is InChI=1S/C23H31N3O2.HI/c1-24-23(26-16-20(17-27)18-9-3-2-4-10-18)25-15-19-11-5-8-14-22(19)28-21-12-6-7-13-21;/h2-5,8-11,14,20-21,27H,6-7,12-13,15-17H2,1H3,(H2,24,25,26);1H. The zero-order chi connectivity index (χ0) is 19.6. The van der Waals surface area contributed by atoms with Crippen molar-refractivity contribution in [3.8, 4) is 5.75 Å². The van der Waals surface area contributed by atoms with Crippen molar-refractivity contribution >= 4 is 29.9 Å². The van der Waals surface area contributed by atoms with Crippen LogP contribution in [0.15, 0.2) is 59.6 Å². The van der Waals surface area contributed by atoms with Gasteiger partial charge >= 0.3 is 0 Å². The van der Waals surface area contributed by atoms with Gasteiger partial charge in [0.2, 0.25) is 0 Å². The Morgan fingerprint density at radius 2 is 1.76 bits per heavy atom. The summed E-state index contributed by atoms with van der Waals surface area (Å²) in [4.78, 5) is 4.31. The maximum Gasteiger partial charge on any atom is 0.191 e. The van der Waals surface area contributed by atoms with E-state index in [4.69, 9.17) is 4.74 Å². The first-order chi connectivity index (χ1) is 13.8. The second-order valence-corrected chi connectivity index (χ2v) is 7.23. The van der Waals surface area contributed by atoms with E-state index in [9.17, 15) is 5.11 Å². The molecular weight excluding hydrogens is 477 g/mol. The smallest absolute Gasteiger partial charge is 0.191 e. The number of guanidine groups is 1. The summed E-state index contributed by atoms with van der Waals surface area (Å²) < 4.78 is 6.21. The van der Waals surface area contributed by atoms with E-state index < -0.39 is 0 Å². The molecule has 1 unspecified atom stereocenters. The fourth-order valence-corrected chi connectivity index (χ4v) is 3.58. The summed E-state index contributed by atoms with van der Waals surface area (Å²) in [5.74, 6) is 1.69. The minimum atomic E-state index is 0. The van der Waals surface area contributed by atoms with Crippen LogP contribution in [-0.2, 0) is 6.54 Å². The number of ether oxygens (including phenoxy) is 1. The molecule has 0 heterocycles. The quantitative estimate of drug-likeness (QED) is 0.285. The molecule has 0 radical (unpaired) electrons. The Labute approximate surface area is 191 Å². The Morgan fingerprint density at radius 1 is 1.07 bits per heavy atom. The molecule has 29 heavy (non-hydrogen) atoms. The van der Waals surface area contributed by atoms with Crippen molar-refractivity contribution in [2.75, 3.05) is 20.2 Å². The average molecular weight is 509 g/mol. The highest BCUT2D eigenvalue weighted by molar-refractivity contribution is 14.0. The van der Waals surface area contributed by atoms with Gasteiger partial charge in [0.25, 0.3) is 0 Å². The number of aliphatic imine (C=N–C) groups is 1. The Hall–Kier alpha value is -1.80. The molecule has 1 aliphatic carbocycles. The van der Waals surface area contributed by atoms with Crippen LogP contribution < -0.4 is 15.4 Å². The van der Waals surface area contributed by atoms with Crippen molar-refractivity contribution in [1.29, 1.82) is 0 Å². The van der Waals surface area contributed by atoms with E-state index in [0.717, 1.165) is 29.7 Å². The summed E-state index contributed by atoms with van der Waals surface area (Å²) in [7, 11) is 1.76. The largest absolute Gasteiger partial charge is 0.490 e. The molecule has 1 atom stereocenters. The predicted molar refractivity (Wildman–Crippen MR) is 129 cm³/mol. The summed E-state index contributed by atoms with van der Waals surface area (Å²) in [5, 5.41) is 16.4. The monoisotopic (exact) mass is 509 g/mol. The third-order valence-electron chi connectivity index (χ3n) is 5.25. The molecule has 0 aliphatic heterocycles. The third-order valence-corrected chi connectivity index (χ3v) is 5.25. The lowest BCUT2D eigenvalue weighted by Gasteiger charge is -2.19. The number of aliphatic hydroxyl groups is 1. The van der Waals surface area contributed by atoms with Crippen molar-refractivity contribution in [3.63, 3.8) is 0 Å². The summed E-state index contributed by atoms with van der Waals surface area (Å²) in [6, 6.07) is 18.2. The van der Waals surface area contributed by atoms with Gasteiger partial charge in [0.05, 0.1) is 12.7 Å². The molecule has 0 bridgehead atoms. The van der Waals surface area contributed by atoms with Crippen LogP contribution in [-0.4, -0.2) is 37.4 Å². The molecule has 1 fully saturated rings. The SMILES string of the molecule is CN=C(NCc1ccccc1OC1CCCC1)NCC(CO)c1ccccc1.I. The molecule has 1 aliphatic rings. The molecule has 0 saturated heterocycles. The summed E-state index contributed by atoms with van der Waals surface area (Å²) in [6.07, 6.45) is 5.15. The number of halogens is 1. The van der Waals surface area contributed by atoms with Crippen LogP contribution in [0, 0.1) is 0 Å². The van der Waals surface area contributed by atoms with Crippen molar-refractivity contribution in [2.45, 2.75) is 44.2 Å². The van der Waals surface area contributed by atoms with Gasteiger partial charge in [0, 0.05) is 31.6 Å². The van der Waals surface area contributed by atoms with Crippen molar-refractivity contribution in [2.24, 2.45) is 4.99 Å². The van der Waals surface area contributed by atoms with Gasteiger partial charge in [-0.3, -0.25) is 4.99 Å². The van der Waals surface area contributed by atoms with E-state index in [1.54, 1.807) is 7.05 Å². The minimum Gasteiger partial charge on any atom is -0.490 e. The van der Waals surface area contributed by atoms with E-state index in [2.05, 4.69) is 21.7 Å². The Kier molecular flexibility index (Phi) is 10.3. The molecule has 3 rings (SSSR count). The Bertz CT molecular complexity index is 749. The molecule has 5 nitrogen and oxygen atoms in total. The lowest BCUT2D eigenvalue weighted by molar-refractivity contribution is 0.208. The van der Waals surface area contributed by atoms with Gasteiger partial charge in [-0.15, -0.1) is 24.0 Å². The number of para-hydroxylation sites is 1. The second kappa shape index (κ2) is 12.7. The maximum atomic E-state index is 9.73. The lowest BCUT2D eigenvalue weighted by atomic mass is 10.0. The van der Waals surface area contributed by atoms with Gasteiger partial charge in [-0.2, -0.15) is 0 Å². The van der Waals surface area contributed by atoms with Crippen LogP contribution in [0.3, 0.4) is 0 Å². The topological polar surface area (TPSA) is 65.9 Å². The van der Waals surface area contributed by atoms with Crippen LogP contribution in [0.4, 0.5) is 0 Å². The zero-order valence-electron chi connectivity index (χ0n) is 17.0. The summed E-state index contributed by atoms with van der Waals surface area (Å²) >= 11 is 0.